The number of Topliss-reactive ketones (excluding diaryl/α,β-unsaturated/α-hetero) is 3. The average Bonchev–Trinajstić information content (AvgIpc) is 2.67. The Morgan fingerprint density at radius 1 is 0.677 bits per heavy atom. The third kappa shape index (κ3) is 10.3. The SMILES string of the molecule is CC(=O)CCC(=O)O[C@@H]1[C@@H](OC(=O)CCC(C)=O)[C@H](OC(=O)CCC(C)=O)CO[C@@H]1O. The summed E-state index contributed by atoms with van der Waals surface area (Å²) in [6.45, 7) is 3.54. The third-order valence-corrected chi connectivity index (χ3v) is 4.26. The van der Waals surface area contributed by atoms with Gasteiger partial charge in [0.1, 0.15) is 17.3 Å². The van der Waals surface area contributed by atoms with Crippen molar-refractivity contribution in [2.24, 2.45) is 0 Å². The molecule has 174 valence electrons. The number of esters is 3. The van der Waals surface area contributed by atoms with Crippen molar-refractivity contribution in [3.05, 3.63) is 0 Å². The molecule has 0 aromatic heterocycles. The van der Waals surface area contributed by atoms with Crippen molar-refractivity contribution >= 4 is 35.3 Å². The number of ketones is 3. The van der Waals surface area contributed by atoms with E-state index in [1.165, 1.54) is 20.8 Å². The molecule has 0 aromatic rings. The van der Waals surface area contributed by atoms with Crippen LogP contribution < -0.4 is 0 Å². The van der Waals surface area contributed by atoms with Gasteiger partial charge in [-0.3, -0.25) is 14.4 Å². The number of carbonyl (C=O) groups excluding carboxylic acids is 6. The second kappa shape index (κ2) is 12.9. The monoisotopic (exact) mass is 444 g/mol. The van der Waals surface area contributed by atoms with Crippen LogP contribution in [0, 0.1) is 0 Å². The highest BCUT2D eigenvalue weighted by molar-refractivity contribution is 5.82. The molecule has 0 spiro atoms. The van der Waals surface area contributed by atoms with Crippen LogP contribution in [0.3, 0.4) is 0 Å². The molecule has 31 heavy (non-hydrogen) atoms. The molecular formula is C20H28O11. The van der Waals surface area contributed by atoms with E-state index in [4.69, 9.17) is 18.9 Å². The van der Waals surface area contributed by atoms with Gasteiger partial charge in [0.15, 0.2) is 24.6 Å². The number of hydrogen-bond donors (Lipinski definition) is 1. The maximum absolute atomic E-state index is 12.1. The van der Waals surface area contributed by atoms with E-state index in [0.717, 1.165) is 0 Å². The van der Waals surface area contributed by atoms with Crippen LogP contribution in [0.15, 0.2) is 0 Å². The van der Waals surface area contributed by atoms with E-state index >= 15 is 0 Å². The predicted octanol–water partition coefficient (Wildman–Crippen LogP) is 0.178. The first-order valence-electron chi connectivity index (χ1n) is 9.86. The van der Waals surface area contributed by atoms with Gasteiger partial charge >= 0.3 is 17.9 Å². The lowest BCUT2D eigenvalue weighted by Crippen LogP contribution is -2.57. The highest BCUT2D eigenvalue weighted by atomic mass is 16.7. The fourth-order valence-corrected chi connectivity index (χ4v) is 2.61. The number of aliphatic hydroxyl groups excluding tert-OH is 1. The summed E-state index contributed by atoms with van der Waals surface area (Å²) in [5, 5.41) is 10.1. The quantitative estimate of drug-likeness (QED) is 0.323. The van der Waals surface area contributed by atoms with Crippen molar-refractivity contribution in [1.82, 2.24) is 0 Å². The zero-order chi connectivity index (χ0) is 23.6. The molecule has 1 aliphatic heterocycles. The first kappa shape index (κ1) is 26.4. The fourth-order valence-electron chi connectivity index (χ4n) is 2.61. The van der Waals surface area contributed by atoms with Gasteiger partial charge in [0, 0.05) is 19.3 Å². The van der Waals surface area contributed by atoms with Gasteiger partial charge in [-0.1, -0.05) is 0 Å². The minimum Gasteiger partial charge on any atom is -0.456 e. The summed E-state index contributed by atoms with van der Waals surface area (Å²) >= 11 is 0. The summed E-state index contributed by atoms with van der Waals surface area (Å²) in [6.07, 6.45) is -6.83. The van der Waals surface area contributed by atoms with Gasteiger partial charge in [-0.2, -0.15) is 0 Å². The molecule has 11 heteroatoms. The third-order valence-electron chi connectivity index (χ3n) is 4.26. The van der Waals surface area contributed by atoms with E-state index in [1.54, 1.807) is 0 Å². The molecule has 0 amide bonds. The summed E-state index contributed by atoms with van der Waals surface area (Å²) in [5.41, 5.74) is 0. The average molecular weight is 444 g/mol. The van der Waals surface area contributed by atoms with Gasteiger partial charge in [0.25, 0.3) is 0 Å². The van der Waals surface area contributed by atoms with Crippen molar-refractivity contribution in [3.8, 4) is 0 Å². The lowest BCUT2D eigenvalue weighted by Gasteiger charge is -2.38. The van der Waals surface area contributed by atoms with Gasteiger partial charge < -0.3 is 38.4 Å². The van der Waals surface area contributed by atoms with E-state index in [-0.39, 0.29) is 62.5 Å². The molecule has 4 atom stereocenters. The lowest BCUT2D eigenvalue weighted by atomic mass is 10.0. The smallest absolute Gasteiger partial charge is 0.306 e. The molecule has 1 aliphatic rings. The van der Waals surface area contributed by atoms with Gasteiger partial charge in [-0.25, -0.2) is 0 Å². The summed E-state index contributed by atoms with van der Waals surface area (Å²) in [5.74, 6) is -3.17. The Balaban J connectivity index is 2.94. The van der Waals surface area contributed by atoms with Crippen molar-refractivity contribution in [2.75, 3.05) is 6.61 Å². The molecule has 1 fully saturated rings. The first-order valence-corrected chi connectivity index (χ1v) is 9.86. The predicted molar refractivity (Wildman–Crippen MR) is 101 cm³/mol. The summed E-state index contributed by atoms with van der Waals surface area (Å²) < 4.78 is 20.7. The Kier molecular flexibility index (Phi) is 11.0. The van der Waals surface area contributed by atoms with Gasteiger partial charge in [0.05, 0.1) is 25.9 Å². The normalized spacial score (nSPS) is 22.8. The fraction of sp³-hybridized carbons (Fsp3) is 0.700. The number of carbonyl (C=O) groups is 6. The maximum atomic E-state index is 12.1. The standard InChI is InChI=1S/C20H28O11/c1-11(21)4-7-15(24)29-14-10-28-20(27)19(31-17(26)9-6-13(3)23)18(14)30-16(25)8-5-12(2)22/h14,18-20,27H,4-10H2,1-3H3/t14-,18+,19-,20+/m1/s1. The summed E-state index contributed by atoms with van der Waals surface area (Å²) in [6, 6.07) is 0. The van der Waals surface area contributed by atoms with Crippen LogP contribution in [0.2, 0.25) is 0 Å². The number of ether oxygens (including phenoxy) is 4. The van der Waals surface area contributed by atoms with Crippen LogP contribution in [-0.2, 0) is 47.7 Å². The highest BCUT2D eigenvalue weighted by Gasteiger charge is 2.47. The Morgan fingerprint density at radius 2 is 1.06 bits per heavy atom. The van der Waals surface area contributed by atoms with Gasteiger partial charge in [-0.05, 0) is 20.8 Å². The molecular weight excluding hydrogens is 416 g/mol. The van der Waals surface area contributed by atoms with E-state index in [2.05, 4.69) is 0 Å². The Morgan fingerprint density at radius 3 is 1.48 bits per heavy atom. The van der Waals surface area contributed by atoms with Crippen molar-refractivity contribution < 1.29 is 52.8 Å². The van der Waals surface area contributed by atoms with Crippen LogP contribution in [0.5, 0.6) is 0 Å². The van der Waals surface area contributed by atoms with E-state index in [0.29, 0.717) is 0 Å². The van der Waals surface area contributed by atoms with Gasteiger partial charge in [-0.15, -0.1) is 0 Å². The van der Waals surface area contributed by atoms with E-state index < -0.39 is 42.5 Å². The van der Waals surface area contributed by atoms with E-state index in [1.807, 2.05) is 0 Å². The van der Waals surface area contributed by atoms with Crippen LogP contribution >= 0.6 is 0 Å². The molecule has 0 radical (unpaired) electrons. The Hall–Kier alpha value is -2.66. The second-order valence-corrected chi connectivity index (χ2v) is 7.27. The molecule has 0 unspecified atom stereocenters. The topological polar surface area (TPSA) is 160 Å². The molecule has 0 aromatic carbocycles. The molecule has 1 rings (SSSR count). The van der Waals surface area contributed by atoms with Crippen molar-refractivity contribution in [2.45, 2.75) is 83.9 Å². The molecule has 0 aliphatic carbocycles. The zero-order valence-electron chi connectivity index (χ0n) is 17.8. The summed E-state index contributed by atoms with van der Waals surface area (Å²) in [7, 11) is 0. The first-order chi connectivity index (χ1) is 14.5. The number of rotatable bonds is 12. The number of aliphatic hydroxyl groups is 1. The summed E-state index contributed by atoms with van der Waals surface area (Å²) in [4.78, 5) is 69.4. The van der Waals surface area contributed by atoms with Crippen LogP contribution in [0.25, 0.3) is 0 Å². The van der Waals surface area contributed by atoms with Crippen molar-refractivity contribution in [1.29, 1.82) is 0 Å². The molecule has 1 heterocycles. The Labute approximate surface area is 179 Å². The van der Waals surface area contributed by atoms with Crippen LogP contribution in [0.4, 0.5) is 0 Å². The molecule has 1 N–H and O–H groups in total. The largest absolute Gasteiger partial charge is 0.456 e. The highest BCUT2D eigenvalue weighted by Crippen LogP contribution is 2.24. The van der Waals surface area contributed by atoms with Crippen LogP contribution in [-0.4, -0.2) is 71.6 Å². The van der Waals surface area contributed by atoms with Crippen molar-refractivity contribution in [3.63, 3.8) is 0 Å². The van der Waals surface area contributed by atoms with Crippen LogP contribution in [0.1, 0.15) is 59.3 Å². The minimum atomic E-state index is -1.68. The minimum absolute atomic E-state index is 0.0540. The zero-order valence-corrected chi connectivity index (χ0v) is 17.8. The molecule has 1 saturated heterocycles. The number of hydrogen-bond acceptors (Lipinski definition) is 11. The molecule has 0 saturated carbocycles. The molecule has 11 nitrogen and oxygen atoms in total. The van der Waals surface area contributed by atoms with Gasteiger partial charge in [0.2, 0.25) is 0 Å². The lowest BCUT2D eigenvalue weighted by molar-refractivity contribution is -0.268. The molecule has 0 bridgehead atoms. The van der Waals surface area contributed by atoms with E-state index in [9.17, 15) is 33.9 Å². The Bertz CT molecular complexity index is 699. The maximum Gasteiger partial charge on any atom is 0.306 e. The second-order valence-electron chi connectivity index (χ2n) is 7.27.